The van der Waals surface area contributed by atoms with Crippen molar-refractivity contribution in [2.45, 2.75) is 11.3 Å². The van der Waals surface area contributed by atoms with Gasteiger partial charge in [0.25, 0.3) is 0 Å². The van der Waals surface area contributed by atoms with Gasteiger partial charge in [-0.2, -0.15) is 0 Å². The zero-order valence-corrected chi connectivity index (χ0v) is 13.2. The fraction of sp³-hybridized carbons (Fsp3) is 0.385. The molecule has 3 rings (SSSR count). The van der Waals surface area contributed by atoms with Crippen LogP contribution >= 0.6 is 0 Å². The molecule has 1 atom stereocenters. The van der Waals surface area contributed by atoms with Gasteiger partial charge < -0.3 is 0 Å². The van der Waals surface area contributed by atoms with E-state index < -0.39 is 15.3 Å². The summed E-state index contributed by atoms with van der Waals surface area (Å²) < 4.78 is 25.4. The van der Waals surface area contributed by atoms with Crippen LogP contribution < -0.4 is 10.5 Å². The Hall–Kier alpha value is -1.40. The number of anilines is 1. The van der Waals surface area contributed by atoms with Gasteiger partial charge in [0.2, 0.25) is 0 Å². The Kier molecular flexibility index (Phi) is 4.26. The van der Waals surface area contributed by atoms with Crippen molar-refractivity contribution in [3.8, 4) is 0 Å². The van der Waals surface area contributed by atoms with Crippen LogP contribution in [0.2, 0.25) is 5.21 Å². The van der Waals surface area contributed by atoms with Gasteiger partial charge in [0.05, 0.1) is 0 Å². The van der Waals surface area contributed by atoms with Crippen molar-refractivity contribution in [3.05, 3.63) is 40.8 Å². The number of pyridine rings is 1. The van der Waals surface area contributed by atoms with Gasteiger partial charge >= 0.3 is 126 Å². The Bertz CT molecular complexity index is 690. The second-order valence-corrected chi connectivity index (χ2v) is 7.20. The van der Waals surface area contributed by atoms with Crippen molar-refractivity contribution in [2.24, 2.45) is 0 Å². The Morgan fingerprint density at radius 3 is 3.10 bits per heavy atom. The first-order chi connectivity index (χ1) is 10.1. The summed E-state index contributed by atoms with van der Waals surface area (Å²) in [5.74, 6) is 0.606. The molecule has 1 aliphatic rings. The van der Waals surface area contributed by atoms with E-state index in [-0.39, 0.29) is 16.9 Å². The van der Waals surface area contributed by atoms with Gasteiger partial charge in [-0.05, 0) is 0 Å². The van der Waals surface area contributed by atoms with Gasteiger partial charge in [0.1, 0.15) is 0 Å². The molecule has 2 aromatic heterocycles. The molecule has 1 fully saturated rings. The number of rotatable bonds is 3. The molecule has 0 saturated carbocycles. The third kappa shape index (κ3) is 3.27. The molecule has 0 bridgehead atoms. The zero-order chi connectivity index (χ0) is 14.8. The molecule has 0 aromatic carbocycles. The van der Waals surface area contributed by atoms with Gasteiger partial charge in [-0.25, -0.2) is 0 Å². The van der Waals surface area contributed by atoms with Crippen molar-refractivity contribution in [1.82, 2.24) is 9.38 Å². The summed E-state index contributed by atoms with van der Waals surface area (Å²) >= 11 is -2.72. The van der Waals surface area contributed by atoms with Crippen LogP contribution in [0.25, 0.3) is 5.65 Å². The quantitative estimate of drug-likeness (QED) is 0.715. The number of ether oxygens (including phenoxy) is 1. The summed E-state index contributed by atoms with van der Waals surface area (Å²) in [5, 5.41) is 0.288. The molecule has 0 aliphatic carbocycles. The Morgan fingerprint density at radius 2 is 2.29 bits per heavy atom. The third-order valence-electron chi connectivity index (χ3n) is 3.39. The van der Waals surface area contributed by atoms with E-state index in [2.05, 4.69) is 4.98 Å². The van der Waals surface area contributed by atoms with Crippen molar-refractivity contribution >= 4 is 26.8 Å². The van der Waals surface area contributed by atoms with Crippen LogP contribution in [-0.4, -0.2) is 58.7 Å². The van der Waals surface area contributed by atoms with Crippen molar-refractivity contribution in [1.29, 1.82) is 0 Å². The molecule has 2 N–H and O–H groups in total. The number of nitrogens with zero attached hydrogens (tertiary/aromatic N) is 3. The molecular weight excluding hydrogens is 337 g/mol. The van der Waals surface area contributed by atoms with Gasteiger partial charge in [0.15, 0.2) is 0 Å². The summed E-state index contributed by atoms with van der Waals surface area (Å²) in [4.78, 5) is 18.5. The summed E-state index contributed by atoms with van der Waals surface area (Å²) in [7, 11) is 0. The van der Waals surface area contributed by atoms with E-state index in [9.17, 15) is 13.0 Å². The molecular formula is C13H16AsN3O4. The molecule has 21 heavy (non-hydrogen) atoms. The van der Waals surface area contributed by atoms with Gasteiger partial charge in [0, 0.05) is 0 Å². The number of hydrogen-bond donors (Lipinski definition) is 2. The predicted molar refractivity (Wildman–Crippen MR) is 78.4 cm³/mol. The molecule has 0 amide bonds. The minimum absolute atomic E-state index is 0.129. The Labute approximate surface area is 126 Å². The van der Waals surface area contributed by atoms with E-state index in [1.54, 1.807) is 18.3 Å². The summed E-state index contributed by atoms with van der Waals surface area (Å²) in [6.07, 6.45) is 1.47. The summed E-state index contributed by atoms with van der Waals surface area (Å²) in [6.45, 7) is 1.64. The fourth-order valence-electron chi connectivity index (χ4n) is 2.42. The van der Waals surface area contributed by atoms with Gasteiger partial charge in [-0.1, -0.05) is 0 Å². The van der Waals surface area contributed by atoms with E-state index in [0.29, 0.717) is 31.2 Å². The van der Waals surface area contributed by atoms with Crippen LogP contribution in [-0.2, 0) is 4.74 Å². The molecule has 112 valence electrons. The van der Waals surface area contributed by atoms with Crippen molar-refractivity contribution < 1.29 is 12.9 Å². The number of hydrogen-bond acceptors (Lipinski definition) is 6. The monoisotopic (exact) mass is 353 g/mol. The van der Waals surface area contributed by atoms with E-state index in [4.69, 9.17) is 4.74 Å². The molecule has 0 radical (unpaired) electrons. The molecule has 8 heteroatoms. The first kappa shape index (κ1) is 14.5. The van der Waals surface area contributed by atoms with Crippen LogP contribution in [0.5, 0.6) is 0 Å². The summed E-state index contributed by atoms with van der Waals surface area (Å²) in [5.41, 5.74) is 0.468. The Balaban J connectivity index is 1.87. The first-order valence-corrected chi connectivity index (χ1v) is 9.64. The fourth-order valence-corrected chi connectivity index (χ4v) is 3.65. The van der Waals surface area contributed by atoms with Crippen molar-refractivity contribution in [2.75, 3.05) is 24.6 Å². The molecule has 1 unspecified atom stereocenters. The molecule has 3 heterocycles. The van der Waals surface area contributed by atoms with Crippen LogP contribution in [0.3, 0.4) is 0 Å². The van der Waals surface area contributed by atoms with E-state index in [1.165, 1.54) is 10.5 Å². The SMILES string of the molecule is O=c1cc(N2CCOC(C[As](O)O)C2)nc2ccccn12. The average molecular weight is 353 g/mol. The zero-order valence-electron chi connectivity index (χ0n) is 11.3. The van der Waals surface area contributed by atoms with E-state index in [0.717, 1.165) is 0 Å². The maximum atomic E-state index is 12.1. The van der Waals surface area contributed by atoms with Crippen LogP contribution in [0.1, 0.15) is 0 Å². The first-order valence-electron chi connectivity index (χ1n) is 6.64. The normalized spacial score (nSPS) is 19.4. The second kappa shape index (κ2) is 6.15. The maximum absolute atomic E-state index is 12.1. The topological polar surface area (TPSA) is 87.3 Å². The predicted octanol–water partition coefficient (Wildman–Crippen LogP) is -0.628. The number of aromatic nitrogens is 2. The van der Waals surface area contributed by atoms with Gasteiger partial charge in [-0.3, -0.25) is 0 Å². The third-order valence-corrected chi connectivity index (χ3v) is 4.93. The average Bonchev–Trinajstić information content (AvgIpc) is 2.47. The summed E-state index contributed by atoms with van der Waals surface area (Å²) in [6, 6.07) is 6.91. The second-order valence-electron chi connectivity index (χ2n) is 4.88. The van der Waals surface area contributed by atoms with E-state index >= 15 is 0 Å². The molecule has 7 nitrogen and oxygen atoms in total. The van der Waals surface area contributed by atoms with Crippen LogP contribution in [0.15, 0.2) is 35.3 Å². The van der Waals surface area contributed by atoms with E-state index in [1.807, 2.05) is 11.0 Å². The minimum atomic E-state index is -2.72. The van der Waals surface area contributed by atoms with Gasteiger partial charge in [-0.15, -0.1) is 0 Å². The van der Waals surface area contributed by atoms with Crippen LogP contribution in [0, 0.1) is 0 Å². The Morgan fingerprint density at radius 1 is 1.43 bits per heavy atom. The van der Waals surface area contributed by atoms with Crippen LogP contribution in [0.4, 0.5) is 5.82 Å². The standard InChI is InChI=1S/C13H16AsN3O4/c18-13-7-12(15-11-3-1-2-4-17(11)13)16-5-6-21-10(9-16)8-14(19)20/h1-4,7,10,19-20H,5-6,8-9H2. The number of morpholine rings is 1. The number of fused-ring (bicyclic) bond motifs is 1. The van der Waals surface area contributed by atoms with Crippen molar-refractivity contribution in [3.63, 3.8) is 0 Å². The molecule has 1 aliphatic heterocycles. The molecule has 2 aromatic rings. The molecule has 1 saturated heterocycles. The molecule has 0 spiro atoms.